The van der Waals surface area contributed by atoms with Crippen LogP contribution in [0.2, 0.25) is 5.02 Å². The number of carboxylic acid groups (broad SMARTS) is 1. The number of carboxylic acids is 1. The van der Waals surface area contributed by atoms with E-state index in [1.165, 1.54) is 23.1 Å². The van der Waals surface area contributed by atoms with Crippen LogP contribution in [0.4, 0.5) is 0 Å². The van der Waals surface area contributed by atoms with Crippen LogP contribution >= 0.6 is 11.6 Å². The van der Waals surface area contributed by atoms with Crippen molar-refractivity contribution >= 4 is 33.3 Å². The maximum atomic E-state index is 13.1. The fourth-order valence-electron chi connectivity index (χ4n) is 4.01. The standard InChI is InChI=1S/C17H20ClNO5S/c1-25(23,24)11-6-7-13(18)12(9-11)16(20)19-14-5-3-2-4-10(14)8-15(19)17(21)22/h6-7,9-10,14-15H,2-5,8H2,1H3,(H,21,22)/t10-,14+,15+/m1/s1. The van der Waals surface area contributed by atoms with Crippen LogP contribution < -0.4 is 0 Å². The molecule has 0 aromatic heterocycles. The Morgan fingerprint density at radius 2 is 1.92 bits per heavy atom. The molecule has 25 heavy (non-hydrogen) atoms. The molecule has 0 spiro atoms. The molecule has 6 nitrogen and oxygen atoms in total. The van der Waals surface area contributed by atoms with Crippen molar-refractivity contribution in [2.45, 2.75) is 49.1 Å². The van der Waals surface area contributed by atoms with Gasteiger partial charge in [-0.15, -0.1) is 0 Å². The van der Waals surface area contributed by atoms with Gasteiger partial charge in [0.05, 0.1) is 15.5 Å². The first-order valence-electron chi connectivity index (χ1n) is 8.25. The molecule has 8 heteroatoms. The smallest absolute Gasteiger partial charge is 0.326 e. The average molecular weight is 386 g/mol. The molecule has 1 aliphatic heterocycles. The van der Waals surface area contributed by atoms with Gasteiger partial charge in [-0.2, -0.15) is 0 Å². The summed E-state index contributed by atoms with van der Waals surface area (Å²) in [6.45, 7) is 0. The molecule has 1 aliphatic carbocycles. The van der Waals surface area contributed by atoms with Gasteiger partial charge in [-0.1, -0.05) is 24.4 Å². The molecule has 2 aliphatic rings. The van der Waals surface area contributed by atoms with Crippen LogP contribution in [0.15, 0.2) is 23.1 Å². The Hall–Kier alpha value is -1.60. The van der Waals surface area contributed by atoms with Crippen molar-refractivity contribution in [1.29, 1.82) is 0 Å². The van der Waals surface area contributed by atoms with Crippen molar-refractivity contribution in [3.8, 4) is 0 Å². The highest BCUT2D eigenvalue weighted by Gasteiger charge is 2.48. The maximum Gasteiger partial charge on any atom is 0.326 e. The number of benzene rings is 1. The van der Waals surface area contributed by atoms with Crippen molar-refractivity contribution in [3.05, 3.63) is 28.8 Å². The van der Waals surface area contributed by atoms with Gasteiger partial charge in [0.25, 0.3) is 5.91 Å². The van der Waals surface area contributed by atoms with E-state index in [-0.39, 0.29) is 27.4 Å². The van der Waals surface area contributed by atoms with E-state index in [4.69, 9.17) is 11.6 Å². The molecule has 1 amide bonds. The maximum absolute atomic E-state index is 13.1. The van der Waals surface area contributed by atoms with Crippen LogP contribution in [-0.2, 0) is 14.6 Å². The lowest BCUT2D eigenvalue weighted by Crippen LogP contribution is -2.46. The summed E-state index contributed by atoms with van der Waals surface area (Å²) in [6.07, 6.45) is 5.17. The number of fused-ring (bicyclic) bond motifs is 1. The second-order valence-electron chi connectivity index (χ2n) is 6.83. The predicted octanol–water partition coefficient (Wildman–Crippen LogP) is 2.60. The quantitative estimate of drug-likeness (QED) is 0.863. The Bertz CT molecular complexity index is 822. The largest absolute Gasteiger partial charge is 0.480 e. The number of carbonyl (C=O) groups is 2. The summed E-state index contributed by atoms with van der Waals surface area (Å²) in [5, 5.41) is 9.68. The van der Waals surface area contributed by atoms with Crippen molar-refractivity contribution in [2.75, 3.05) is 6.26 Å². The monoisotopic (exact) mass is 385 g/mol. The Balaban J connectivity index is 2.02. The van der Waals surface area contributed by atoms with Gasteiger partial charge in [-0.25, -0.2) is 13.2 Å². The Labute approximate surface area is 151 Å². The Morgan fingerprint density at radius 1 is 1.24 bits per heavy atom. The van der Waals surface area contributed by atoms with Crippen molar-refractivity contribution in [3.63, 3.8) is 0 Å². The number of amides is 1. The molecule has 1 aromatic rings. The molecular weight excluding hydrogens is 366 g/mol. The summed E-state index contributed by atoms with van der Waals surface area (Å²) in [7, 11) is -3.50. The zero-order valence-electron chi connectivity index (χ0n) is 13.8. The molecule has 2 fully saturated rings. The summed E-state index contributed by atoms with van der Waals surface area (Å²) in [4.78, 5) is 26.2. The Kier molecular flexibility index (Phi) is 4.81. The number of carbonyl (C=O) groups excluding carboxylic acids is 1. The fraction of sp³-hybridized carbons (Fsp3) is 0.529. The van der Waals surface area contributed by atoms with E-state index in [2.05, 4.69) is 0 Å². The summed E-state index contributed by atoms with van der Waals surface area (Å²) in [5.41, 5.74) is 0.0436. The number of rotatable bonds is 3. The first-order chi connectivity index (χ1) is 11.7. The van der Waals surface area contributed by atoms with E-state index in [0.29, 0.717) is 6.42 Å². The van der Waals surface area contributed by atoms with Crippen LogP contribution in [0.5, 0.6) is 0 Å². The second-order valence-corrected chi connectivity index (χ2v) is 9.25. The highest BCUT2D eigenvalue weighted by atomic mass is 35.5. The zero-order valence-corrected chi connectivity index (χ0v) is 15.4. The van der Waals surface area contributed by atoms with Crippen LogP contribution in [0.25, 0.3) is 0 Å². The van der Waals surface area contributed by atoms with Gasteiger partial charge in [0.1, 0.15) is 6.04 Å². The van der Waals surface area contributed by atoms with E-state index in [1.54, 1.807) is 0 Å². The SMILES string of the molecule is CS(=O)(=O)c1ccc(Cl)c(C(=O)N2[C@H](C(=O)O)C[C@H]3CCCC[C@@H]32)c1. The van der Waals surface area contributed by atoms with E-state index >= 15 is 0 Å². The lowest BCUT2D eigenvalue weighted by atomic mass is 9.84. The van der Waals surface area contributed by atoms with Crippen molar-refractivity contribution in [2.24, 2.45) is 5.92 Å². The zero-order chi connectivity index (χ0) is 18.4. The van der Waals surface area contributed by atoms with Crippen LogP contribution in [-0.4, -0.2) is 48.6 Å². The summed E-state index contributed by atoms with van der Waals surface area (Å²) >= 11 is 6.13. The van der Waals surface area contributed by atoms with E-state index in [0.717, 1.165) is 31.9 Å². The molecule has 1 aromatic carbocycles. The predicted molar refractivity (Wildman–Crippen MR) is 92.5 cm³/mol. The number of hydrogen-bond acceptors (Lipinski definition) is 4. The van der Waals surface area contributed by atoms with Crippen molar-refractivity contribution < 1.29 is 23.1 Å². The highest BCUT2D eigenvalue weighted by molar-refractivity contribution is 7.90. The topological polar surface area (TPSA) is 91.8 Å². The molecule has 0 radical (unpaired) electrons. The third-order valence-corrected chi connectivity index (χ3v) is 6.64. The third-order valence-electron chi connectivity index (χ3n) is 5.20. The number of likely N-dealkylation sites (tertiary alicyclic amines) is 1. The Morgan fingerprint density at radius 3 is 2.56 bits per heavy atom. The average Bonchev–Trinajstić information content (AvgIpc) is 2.93. The van der Waals surface area contributed by atoms with Gasteiger partial charge in [-0.05, 0) is 43.4 Å². The normalized spacial score (nSPS) is 26.3. The molecule has 3 rings (SSSR count). The molecule has 0 unspecified atom stereocenters. The molecule has 1 N–H and O–H groups in total. The summed E-state index contributed by atoms with van der Waals surface area (Å²) < 4.78 is 23.6. The minimum atomic E-state index is -3.50. The number of aliphatic carboxylic acids is 1. The van der Waals surface area contributed by atoms with Gasteiger partial charge in [-0.3, -0.25) is 4.79 Å². The first kappa shape index (κ1) is 18.2. The molecule has 136 valence electrons. The number of nitrogens with zero attached hydrogens (tertiary/aromatic N) is 1. The molecule has 1 saturated heterocycles. The van der Waals surface area contributed by atoms with E-state index in [9.17, 15) is 23.1 Å². The molecular formula is C17H20ClNO5S. The first-order valence-corrected chi connectivity index (χ1v) is 10.5. The molecule has 0 bridgehead atoms. The van der Waals surface area contributed by atoms with Gasteiger partial charge in [0, 0.05) is 12.3 Å². The molecule has 3 atom stereocenters. The molecule has 1 heterocycles. The van der Waals surface area contributed by atoms with Crippen LogP contribution in [0.1, 0.15) is 42.5 Å². The summed E-state index contributed by atoms with van der Waals surface area (Å²) in [6, 6.07) is 2.94. The third kappa shape index (κ3) is 3.40. The summed E-state index contributed by atoms with van der Waals surface area (Å²) in [5.74, 6) is -1.36. The van der Waals surface area contributed by atoms with Crippen LogP contribution in [0, 0.1) is 5.92 Å². The fourth-order valence-corrected chi connectivity index (χ4v) is 4.86. The van der Waals surface area contributed by atoms with Crippen molar-refractivity contribution in [1.82, 2.24) is 4.90 Å². The van der Waals surface area contributed by atoms with E-state index < -0.39 is 27.8 Å². The number of sulfone groups is 1. The van der Waals surface area contributed by atoms with Gasteiger partial charge < -0.3 is 10.0 Å². The number of hydrogen-bond donors (Lipinski definition) is 1. The molecule has 1 saturated carbocycles. The van der Waals surface area contributed by atoms with Gasteiger partial charge >= 0.3 is 5.97 Å². The highest BCUT2D eigenvalue weighted by Crippen LogP contribution is 2.41. The van der Waals surface area contributed by atoms with Gasteiger partial charge in [0.15, 0.2) is 9.84 Å². The van der Waals surface area contributed by atoms with E-state index in [1.807, 2.05) is 0 Å². The minimum Gasteiger partial charge on any atom is -0.480 e. The lowest BCUT2D eigenvalue weighted by Gasteiger charge is -2.33. The minimum absolute atomic E-state index is 0.00786. The number of halogens is 1. The van der Waals surface area contributed by atoms with Gasteiger partial charge in [0.2, 0.25) is 0 Å². The van der Waals surface area contributed by atoms with Crippen LogP contribution in [0.3, 0.4) is 0 Å². The second kappa shape index (κ2) is 6.61. The lowest BCUT2D eigenvalue weighted by molar-refractivity contribution is -0.141.